The van der Waals surface area contributed by atoms with E-state index in [9.17, 15) is 9.59 Å². The summed E-state index contributed by atoms with van der Waals surface area (Å²) in [5.74, 6) is 0.241. The van der Waals surface area contributed by atoms with Crippen molar-refractivity contribution >= 4 is 33.4 Å². The van der Waals surface area contributed by atoms with Gasteiger partial charge in [-0.3, -0.25) is 9.59 Å². The zero-order chi connectivity index (χ0) is 19.1. The third-order valence-electron chi connectivity index (χ3n) is 5.01. The Bertz CT molecular complexity index is 1010. The topological polar surface area (TPSA) is 66.7 Å². The molecule has 3 aromatic rings. The zero-order valence-electron chi connectivity index (χ0n) is 15.6. The third kappa shape index (κ3) is 3.12. The zero-order valence-corrected chi connectivity index (χ0v) is 16.4. The number of aromatic nitrogens is 1. The summed E-state index contributed by atoms with van der Waals surface area (Å²) in [6, 6.07) is 5.42. The first-order valence-corrected chi connectivity index (χ1v) is 9.76. The Labute approximate surface area is 161 Å². The lowest BCUT2D eigenvalue weighted by Crippen LogP contribution is -2.50. The number of aryl methyl sites for hydroxylation is 3. The number of rotatable bonds is 2. The minimum absolute atomic E-state index is 0.0256. The second kappa shape index (κ2) is 6.81. The van der Waals surface area contributed by atoms with Crippen molar-refractivity contribution in [3.63, 3.8) is 0 Å². The van der Waals surface area contributed by atoms with Crippen LogP contribution in [0.2, 0.25) is 0 Å². The highest BCUT2D eigenvalue weighted by Crippen LogP contribution is 2.33. The first kappa shape index (κ1) is 17.7. The van der Waals surface area contributed by atoms with Gasteiger partial charge in [-0.05, 0) is 50.1 Å². The summed E-state index contributed by atoms with van der Waals surface area (Å²) in [6.45, 7) is 8.07. The fraction of sp³-hybridized carbons (Fsp3) is 0.350. The molecule has 140 valence electrons. The van der Waals surface area contributed by atoms with Gasteiger partial charge >= 0.3 is 0 Å². The predicted molar refractivity (Wildman–Crippen MR) is 104 cm³/mol. The molecule has 0 aliphatic carbocycles. The number of piperazine rings is 1. The van der Waals surface area contributed by atoms with Crippen molar-refractivity contribution in [2.75, 3.05) is 26.2 Å². The molecule has 0 spiro atoms. The standard InChI is InChI=1S/C20H21N3O3S/c1-12-11-13(2)21-18-16(12)14(3)17(27-18)20(25)23-8-6-22(7-9-23)19(24)15-5-4-10-26-15/h4-5,10-11H,6-9H2,1-3H3. The van der Waals surface area contributed by atoms with Crippen molar-refractivity contribution in [1.82, 2.24) is 14.8 Å². The van der Waals surface area contributed by atoms with E-state index < -0.39 is 0 Å². The molecule has 0 atom stereocenters. The van der Waals surface area contributed by atoms with Crippen LogP contribution in [0.15, 0.2) is 28.9 Å². The molecule has 7 heteroatoms. The number of hydrogen-bond acceptors (Lipinski definition) is 5. The van der Waals surface area contributed by atoms with Crippen LogP contribution in [-0.2, 0) is 0 Å². The highest BCUT2D eigenvalue weighted by molar-refractivity contribution is 7.20. The summed E-state index contributed by atoms with van der Waals surface area (Å²) < 4.78 is 5.19. The molecule has 1 aliphatic rings. The number of amides is 2. The molecule has 0 N–H and O–H groups in total. The Morgan fingerprint density at radius 3 is 2.37 bits per heavy atom. The molecule has 0 saturated carbocycles. The van der Waals surface area contributed by atoms with Crippen molar-refractivity contribution in [3.8, 4) is 0 Å². The van der Waals surface area contributed by atoms with Crippen LogP contribution in [0.4, 0.5) is 0 Å². The van der Waals surface area contributed by atoms with Gasteiger partial charge in [-0.25, -0.2) is 4.98 Å². The second-order valence-corrected chi connectivity index (χ2v) is 7.88. The van der Waals surface area contributed by atoms with Crippen molar-refractivity contribution in [2.45, 2.75) is 20.8 Å². The van der Waals surface area contributed by atoms with Gasteiger partial charge in [0.05, 0.1) is 11.1 Å². The Balaban J connectivity index is 1.51. The molecule has 4 rings (SSSR count). The van der Waals surface area contributed by atoms with E-state index in [4.69, 9.17) is 4.42 Å². The molecule has 0 aromatic carbocycles. The number of fused-ring (bicyclic) bond motifs is 1. The summed E-state index contributed by atoms with van der Waals surface area (Å²) in [6.07, 6.45) is 1.50. The van der Waals surface area contributed by atoms with Gasteiger partial charge in [-0.1, -0.05) is 0 Å². The minimum atomic E-state index is -0.125. The SMILES string of the molecule is Cc1cc(C)c2c(C)c(C(=O)N3CCN(C(=O)c4ccco4)CC3)sc2n1. The number of thiophene rings is 1. The van der Waals surface area contributed by atoms with Crippen LogP contribution >= 0.6 is 11.3 Å². The first-order chi connectivity index (χ1) is 13.0. The maximum absolute atomic E-state index is 13.1. The smallest absolute Gasteiger partial charge is 0.289 e. The molecule has 0 radical (unpaired) electrons. The Morgan fingerprint density at radius 1 is 1.07 bits per heavy atom. The van der Waals surface area contributed by atoms with Gasteiger partial charge < -0.3 is 14.2 Å². The van der Waals surface area contributed by atoms with E-state index in [0.717, 1.165) is 31.9 Å². The minimum Gasteiger partial charge on any atom is -0.459 e. The average Bonchev–Trinajstić information content (AvgIpc) is 3.29. The van der Waals surface area contributed by atoms with Crippen molar-refractivity contribution in [1.29, 1.82) is 0 Å². The number of pyridine rings is 1. The molecule has 1 fully saturated rings. The maximum atomic E-state index is 13.1. The van der Waals surface area contributed by atoms with Crippen LogP contribution in [0, 0.1) is 20.8 Å². The van der Waals surface area contributed by atoms with E-state index in [1.807, 2.05) is 18.7 Å². The number of carbonyl (C=O) groups is 2. The van der Waals surface area contributed by atoms with E-state index in [0.29, 0.717) is 31.9 Å². The molecular weight excluding hydrogens is 362 g/mol. The number of nitrogens with zero attached hydrogens (tertiary/aromatic N) is 3. The molecule has 0 bridgehead atoms. The van der Waals surface area contributed by atoms with Gasteiger partial charge in [0.2, 0.25) is 0 Å². The summed E-state index contributed by atoms with van der Waals surface area (Å²) in [5, 5.41) is 1.08. The van der Waals surface area contributed by atoms with Crippen molar-refractivity contribution < 1.29 is 14.0 Å². The van der Waals surface area contributed by atoms with Crippen LogP contribution in [0.25, 0.3) is 10.2 Å². The molecule has 27 heavy (non-hydrogen) atoms. The van der Waals surface area contributed by atoms with Crippen molar-refractivity contribution in [3.05, 3.63) is 51.9 Å². The lowest BCUT2D eigenvalue weighted by atomic mass is 10.1. The van der Waals surface area contributed by atoms with Gasteiger partial charge in [0, 0.05) is 37.3 Å². The van der Waals surface area contributed by atoms with Crippen LogP contribution in [0.1, 0.15) is 37.0 Å². The van der Waals surface area contributed by atoms with E-state index in [-0.39, 0.29) is 11.8 Å². The van der Waals surface area contributed by atoms with E-state index >= 15 is 0 Å². The van der Waals surface area contributed by atoms with Gasteiger partial charge in [0.1, 0.15) is 4.83 Å². The highest BCUT2D eigenvalue weighted by Gasteiger charge is 2.28. The third-order valence-corrected chi connectivity index (χ3v) is 6.18. The lowest BCUT2D eigenvalue weighted by molar-refractivity contribution is 0.0520. The quantitative estimate of drug-likeness (QED) is 0.680. The van der Waals surface area contributed by atoms with Gasteiger partial charge in [0.15, 0.2) is 5.76 Å². The summed E-state index contributed by atoms with van der Waals surface area (Å²) in [5.41, 5.74) is 3.11. The first-order valence-electron chi connectivity index (χ1n) is 8.95. The average molecular weight is 383 g/mol. The van der Waals surface area contributed by atoms with Crippen LogP contribution in [0.5, 0.6) is 0 Å². The van der Waals surface area contributed by atoms with Crippen LogP contribution < -0.4 is 0 Å². The molecule has 0 unspecified atom stereocenters. The monoisotopic (exact) mass is 383 g/mol. The second-order valence-electron chi connectivity index (χ2n) is 6.88. The summed E-state index contributed by atoms with van der Waals surface area (Å²) in [4.78, 5) is 35.3. The molecule has 3 aromatic heterocycles. The van der Waals surface area contributed by atoms with Crippen LogP contribution in [0.3, 0.4) is 0 Å². The largest absolute Gasteiger partial charge is 0.459 e. The Kier molecular flexibility index (Phi) is 4.47. The Morgan fingerprint density at radius 2 is 1.74 bits per heavy atom. The molecule has 4 heterocycles. The van der Waals surface area contributed by atoms with Gasteiger partial charge in [0.25, 0.3) is 11.8 Å². The molecule has 1 saturated heterocycles. The van der Waals surface area contributed by atoms with E-state index in [1.165, 1.54) is 17.6 Å². The molecule has 1 aliphatic heterocycles. The fourth-order valence-electron chi connectivity index (χ4n) is 3.64. The lowest BCUT2D eigenvalue weighted by Gasteiger charge is -2.34. The van der Waals surface area contributed by atoms with Crippen molar-refractivity contribution in [2.24, 2.45) is 0 Å². The molecule has 6 nitrogen and oxygen atoms in total. The number of furan rings is 1. The predicted octanol–water partition coefficient (Wildman–Crippen LogP) is 3.41. The Hall–Kier alpha value is -2.67. The summed E-state index contributed by atoms with van der Waals surface area (Å²) >= 11 is 1.46. The molecule has 2 amide bonds. The summed E-state index contributed by atoms with van der Waals surface area (Å²) in [7, 11) is 0. The van der Waals surface area contributed by atoms with Gasteiger partial charge in [-0.2, -0.15) is 0 Å². The fourth-order valence-corrected chi connectivity index (χ4v) is 4.91. The van der Waals surface area contributed by atoms with Crippen LogP contribution in [-0.4, -0.2) is 52.8 Å². The van der Waals surface area contributed by atoms with Gasteiger partial charge in [-0.15, -0.1) is 11.3 Å². The van der Waals surface area contributed by atoms with E-state index in [2.05, 4.69) is 18.0 Å². The number of carbonyl (C=O) groups excluding carboxylic acids is 2. The maximum Gasteiger partial charge on any atom is 0.289 e. The highest BCUT2D eigenvalue weighted by atomic mass is 32.1. The number of hydrogen-bond donors (Lipinski definition) is 0. The van der Waals surface area contributed by atoms with E-state index in [1.54, 1.807) is 17.0 Å². The molecular formula is C20H21N3O3S. The normalized spacial score (nSPS) is 14.8.